The van der Waals surface area contributed by atoms with Gasteiger partial charge in [-0.3, -0.25) is 4.79 Å². The van der Waals surface area contributed by atoms with E-state index in [1.807, 2.05) is 32.0 Å². The van der Waals surface area contributed by atoms with Crippen molar-refractivity contribution < 1.29 is 9.53 Å². The zero-order chi connectivity index (χ0) is 17.5. The lowest BCUT2D eigenvalue weighted by atomic mass is 10.1. The van der Waals surface area contributed by atoms with E-state index in [2.05, 4.69) is 36.5 Å². The van der Waals surface area contributed by atoms with Crippen molar-refractivity contribution in [2.45, 2.75) is 38.7 Å². The molecular weight excluding hydrogens is 318 g/mol. The van der Waals surface area contributed by atoms with Crippen LogP contribution >= 0.6 is 11.8 Å². The summed E-state index contributed by atoms with van der Waals surface area (Å²) in [5, 5.41) is 2.93. The Hall–Kier alpha value is -1.94. The van der Waals surface area contributed by atoms with E-state index in [4.69, 9.17) is 4.74 Å². The molecule has 0 saturated heterocycles. The summed E-state index contributed by atoms with van der Waals surface area (Å²) in [6.45, 7) is 8.48. The van der Waals surface area contributed by atoms with Gasteiger partial charge in [-0.2, -0.15) is 0 Å². The molecule has 128 valence electrons. The molecule has 1 amide bonds. The lowest BCUT2D eigenvalue weighted by Gasteiger charge is -2.16. The van der Waals surface area contributed by atoms with E-state index in [1.165, 1.54) is 10.5 Å². The second-order valence-corrected chi connectivity index (χ2v) is 7.15. The number of carbonyl (C=O) groups is 1. The maximum Gasteiger partial charge on any atom is 0.260 e. The molecule has 1 atom stereocenters. The van der Waals surface area contributed by atoms with Crippen LogP contribution in [0.2, 0.25) is 0 Å². The Morgan fingerprint density at radius 1 is 1.08 bits per heavy atom. The van der Waals surface area contributed by atoms with Crippen molar-refractivity contribution in [1.82, 2.24) is 5.32 Å². The number of benzene rings is 2. The molecule has 0 spiro atoms. The van der Waals surface area contributed by atoms with Crippen LogP contribution in [-0.2, 0) is 4.79 Å². The van der Waals surface area contributed by atoms with Crippen molar-refractivity contribution in [3.63, 3.8) is 0 Å². The van der Waals surface area contributed by atoms with Crippen molar-refractivity contribution in [3.8, 4) is 5.75 Å². The van der Waals surface area contributed by atoms with Gasteiger partial charge in [-0.25, -0.2) is 0 Å². The second-order valence-electron chi connectivity index (χ2n) is 5.98. The zero-order valence-corrected chi connectivity index (χ0v) is 15.6. The van der Waals surface area contributed by atoms with Crippen LogP contribution in [0.5, 0.6) is 5.75 Å². The van der Waals surface area contributed by atoms with Crippen LogP contribution < -0.4 is 10.1 Å². The van der Waals surface area contributed by atoms with Gasteiger partial charge in [0, 0.05) is 17.2 Å². The van der Waals surface area contributed by atoms with Crippen LogP contribution in [0.4, 0.5) is 0 Å². The van der Waals surface area contributed by atoms with E-state index in [0.29, 0.717) is 6.54 Å². The molecular formula is C20H25NO2S. The normalized spacial score (nSPS) is 11.8. The molecule has 2 aromatic rings. The Balaban J connectivity index is 1.75. The smallest absolute Gasteiger partial charge is 0.260 e. The first-order valence-electron chi connectivity index (χ1n) is 8.17. The molecule has 1 N–H and O–H groups in total. The van der Waals surface area contributed by atoms with E-state index >= 15 is 0 Å². The Bertz CT molecular complexity index is 683. The number of hydrogen-bond acceptors (Lipinski definition) is 3. The predicted molar refractivity (Wildman–Crippen MR) is 101 cm³/mol. The van der Waals surface area contributed by atoms with Gasteiger partial charge in [0.05, 0.1) is 0 Å². The van der Waals surface area contributed by atoms with Crippen molar-refractivity contribution >= 4 is 17.7 Å². The summed E-state index contributed by atoms with van der Waals surface area (Å²) in [5.74, 6) is 1.53. The van der Waals surface area contributed by atoms with Gasteiger partial charge in [-0.05, 0) is 57.0 Å². The lowest BCUT2D eigenvalue weighted by molar-refractivity contribution is -0.127. The molecule has 0 aliphatic heterocycles. The third-order valence-electron chi connectivity index (χ3n) is 3.71. The van der Waals surface area contributed by atoms with Gasteiger partial charge < -0.3 is 10.1 Å². The van der Waals surface area contributed by atoms with Crippen LogP contribution in [0.25, 0.3) is 0 Å². The first-order chi connectivity index (χ1) is 11.5. The number of thioether (sulfide) groups is 1. The molecule has 0 aromatic heterocycles. The van der Waals surface area contributed by atoms with Crippen LogP contribution in [0.15, 0.2) is 47.4 Å². The third kappa shape index (κ3) is 5.60. The quantitative estimate of drug-likeness (QED) is 0.602. The van der Waals surface area contributed by atoms with Crippen molar-refractivity contribution in [2.75, 3.05) is 12.3 Å². The summed E-state index contributed by atoms with van der Waals surface area (Å²) < 4.78 is 5.80. The minimum atomic E-state index is -0.505. The molecule has 1 unspecified atom stereocenters. The minimum absolute atomic E-state index is 0.0830. The molecule has 0 aliphatic carbocycles. The highest BCUT2D eigenvalue weighted by Gasteiger charge is 2.15. The van der Waals surface area contributed by atoms with Gasteiger partial charge in [0.1, 0.15) is 5.75 Å². The minimum Gasteiger partial charge on any atom is -0.481 e. The Kier molecular flexibility index (Phi) is 6.73. The van der Waals surface area contributed by atoms with Crippen LogP contribution in [0.1, 0.15) is 23.6 Å². The zero-order valence-electron chi connectivity index (χ0n) is 14.8. The van der Waals surface area contributed by atoms with E-state index in [0.717, 1.165) is 22.6 Å². The van der Waals surface area contributed by atoms with Gasteiger partial charge >= 0.3 is 0 Å². The molecule has 2 rings (SSSR count). The van der Waals surface area contributed by atoms with E-state index in [9.17, 15) is 4.79 Å². The average molecular weight is 343 g/mol. The van der Waals surface area contributed by atoms with E-state index in [1.54, 1.807) is 18.7 Å². The summed E-state index contributed by atoms with van der Waals surface area (Å²) in [6.07, 6.45) is -0.505. The highest BCUT2D eigenvalue weighted by Crippen LogP contribution is 2.20. The number of ether oxygens (including phenoxy) is 1. The van der Waals surface area contributed by atoms with Gasteiger partial charge in [0.25, 0.3) is 5.91 Å². The Labute approximate surface area is 148 Å². The molecule has 24 heavy (non-hydrogen) atoms. The highest BCUT2D eigenvalue weighted by atomic mass is 32.2. The molecule has 0 aliphatic rings. The fourth-order valence-corrected chi connectivity index (χ4v) is 2.97. The molecule has 3 nitrogen and oxygen atoms in total. The van der Waals surface area contributed by atoms with E-state index < -0.39 is 6.10 Å². The summed E-state index contributed by atoms with van der Waals surface area (Å²) >= 11 is 1.74. The first-order valence-corrected chi connectivity index (χ1v) is 9.15. The largest absolute Gasteiger partial charge is 0.481 e. The van der Waals surface area contributed by atoms with Crippen LogP contribution in [0.3, 0.4) is 0 Å². The summed E-state index contributed by atoms with van der Waals surface area (Å²) in [6, 6.07) is 14.4. The first kappa shape index (κ1) is 18.4. The van der Waals surface area contributed by atoms with Gasteiger partial charge in [0.15, 0.2) is 6.10 Å². The molecule has 0 fully saturated rings. The van der Waals surface area contributed by atoms with Crippen molar-refractivity contribution in [2.24, 2.45) is 0 Å². The maximum absolute atomic E-state index is 12.2. The summed E-state index contributed by atoms with van der Waals surface area (Å²) in [4.78, 5) is 13.4. The standard InChI is InChI=1S/C20H25NO2S/c1-14-6-9-18(10-7-14)24-12-11-21-20(22)17(4)23-19-13-15(2)5-8-16(19)3/h5-10,13,17H,11-12H2,1-4H3,(H,21,22). The molecule has 0 heterocycles. The van der Waals surface area contributed by atoms with Gasteiger partial charge in [0.2, 0.25) is 0 Å². The molecule has 0 bridgehead atoms. The monoisotopic (exact) mass is 343 g/mol. The summed E-state index contributed by atoms with van der Waals surface area (Å²) in [7, 11) is 0. The molecule has 0 radical (unpaired) electrons. The molecule has 2 aromatic carbocycles. The van der Waals surface area contributed by atoms with Crippen molar-refractivity contribution in [3.05, 3.63) is 59.2 Å². The number of aryl methyl sites for hydroxylation is 3. The number of nitrogens with one attached hydrogen (secondary N) is 1. The number of amides is 1. The van der Waals surface area contributed by atoms with Gasteiger partial charge in [-0.15, -0.1) is 11.8 Å². The Morgan fingerprint density at radius 3 is 2.46 bits per heavy atom. The molecule has 0 saturated carbocycles. The van der Waals surface area contributed by atoms with E-state index in [-0.39, 0.29) is 5.91 Å². The topological polar surface area (TPSA) is 38.3 Å². The van der Waals surface area contributed by atoms with Crippen LogP contribution in [-0.4, -0.2) is 24.3 Å². The fraction of sp³-hybridized carbons (Fsp3) is 0.350. The lowest BCUT2D eigenvalue weighted by Crippen LogP contribution is -2.37. The Morgan fingerprint density at radius 2 is 1.75 bits per heavy atom. The van der Waals surface area contributed by atoms with Gasteiger partial charge in [-0.1, -0.05) is 29.8 Å². The maximum atomic E-state index is 12.2. The highest BCUT2D eigenvalue weighted by molar-refractivity contribution is 7.99. The van der Waals surface area contributed by atoms with Crippen molar-refractivity contribution in [1.29, 1.82) is 0 Å². The van der Waals surface area contributed by atoms with Crippen LogP contribution in [0, 0.1) is 20.8 Å². The molecule has 4 heteroatoms. The summed E-state index contributed by atoms with van der Waals surface area (Å²) in [5.41, 5.74) is 3.41. The number of carbonyl (C=O) groups excluding carboxylic acids is 1. The third-order valence-corrected chi connectivity index (χ3v) is 4.72. The SMILES string of the molecule is Cc1ccc(SCCNC(=O)C(C)Oc2cc(C)ccc2C)cc1. The average Bonchev–Trinajstić information content (AvgIpc) is 2.56. The predicted octanol–water partition coefficient (Wildman–Crippen LogP) is 4.29. The fourth-order valence-electron chi connectivity index (χ4n) is 2.20. The second kappa shape index (κ2) is 8.78. The number of hydrogen-bond donors (Lipinski definition) is 1. The number of rotatable bonds is 7.